The Morgan fingerprint density at radius 3 is 1.70 bits per heavy atom. The fourth-order valence-corrected chi connectivity index (χ4v) is 9.15. The molecule has 12 aromatic rings. The summed E-state index contributed by atoms with van der Waals surface area (Å²) in [5.41, 5.74) is 16.8. The molecule has 0 saturated heterocycles. The number of para-hydroxylation sites is 2. The van der Waals surface area contributed by atoms with Crippen molar-refractivity contribution in [1.82, 2.24) is 24.1 Å². The van der Waals surface area contributed by atoms with Crippen LogP contribution < -0.4 is 5.73 Å². The van der Waals surface area contributed by atoms with Crippen molar-refractivity contribution in [3.8, 4) is 39.9 Å². The summed E-state index contributed by atoms with van der Waals surface area (Å²) in [5.74, 6) is 2.58. The molecule has 0 radical (unpaired) electrons. The molecule has 0 saturated carbocycles. The second-order valence-electron chi connectivity index (χ2n) is 16.4. The number of hydrogen-bond acceptors (Lipinski definition) is 4. The molecule has 0 bridgehead atoms. The van der Waals surface area contributed by atoms with Crippen molar-refractivity contribution in [2.75, 3.05) is 0 Å². The van der Waals surface area contributed by atoms with Gasteiger partial charge in [0.15, 0.2) is 17.5 Å². The number of nitrogens with zero attached hydrogens (tertiary/aromatic N) is 7. The number of rotatable bonds is 7. The maximum atomic E-state index is 6.81. The van der Waals surface area contributed by atoms with E-state index in [1.165, 1.54) is 0 Å². The minimum atomic E-state index is 0.347. The number of hydrogen-bond donors (Lipinski definition) is 1. The maximum absolute atomic E-state index is 6.81. The molecule has 2 N–H and O–H groups in total. The van der Waals surface area contributed by atoms with Crippen LogP contribution in [0.4, 0.5) is 0 Å². The van der Waals surface area contributed by atoms with Gasteiger partial charge >= 0.3 is 0 Å². The summed E-state index contributed by atoms with van der Waals surface area (Å²) < 4.78 is 4.47. The van der Waals surface area contributed by atoms with E-state index in [9.17, 15) is 0 Å². The third kappa shape index (κ3) is 7.01. The molecule has 12 rings (SSSR count). The number of amidine groups is 1. The van der Waals surface area contributed by atoms with Gasteiger partial charge in [-0.15, -0.1) is 0 Å². The molecule has 0 spiro atoms. The first-order chi connectivity index (χ1) is 33.1. The summed E-state index contributed by atoms with van der Waals surface area (Å²) >= 11 is 0. The molecule has 0 aliphatic heterocycles. The van der Waals surface area contributed by atoms with Crippen LogP contribution in [0.15, 0.2) is 235 Å². The van der Waals surface area contributed by atoms with Crippen LogP contribution >= 0.6 is 0 Å². The van der Waals surface area contributed by atoms with Gasteiger partial charge in [0, 0.05) is 49.5 Å². The topological polar surface area (TPSA) is 99.3 Å². The monoisotopic (exact) mass is 860 g/mol. The smallest absolute Gasteiger partial charge is 0.237 e. The molecule has 3 aromatic heterocycles. The van der Waals surface area contributed by atoms with Crippen LogP contribution in [0, 0.1) is 0 Å². The van der Waals surface area contributed by atoms with E-state index in [-0.39, 0.29) is 0 Å². The van der Waals surface area contributed by atoms with E-state index in [0.29, 0.717) is 35.0 Å². The lowest BCUT2D eigenvalue weighted by Gasteiger charge is -2.12. The molecule has 0 aliphatic rings. The second kappa shape index (κ2) is 16.4. The zero-order valence-electron chi connectivity index (χ0n) is 36.2. The lowest BCUT2D eigenvalue weighted by atomic mass is 10.1. The Hall–Kier alpha value is -9.27. The van der Waals surface area contributed by atoms with Crippen LogP contribution in [0.25, 0.3) is 99.9 Å². The molecular formula is C59H40N8. The summed E-state index contributed by atoms with van der Waals surface area (Å²) in [6, 6.07) is 74.4. The molecule has 9 aromatic carbocycles. The lowest BCUT2D eigenvalue weighted by Crippen LogP contribution is -2.19. The van der Waals surface area contributed by atoms with Gasteiger partial charge in [-0.05, 0) is 64.9 Å². The first-order valence-corrected chi connectivity index (χ1v) is 22.2. The number of benzene rings is 9. The van der Waals surface area contributed by atoms with E-state index >= 15 is 0 Å². The van der Waals surface area contributed by atoms with Gasteiger partial charge in [-0.1, -0.05) is 176 Å². The van der Waals surface area contributed by atoms with Crippen LogP contribution in [-0.4, -0.2) is 35.9 Å². The van der Waals surface area contributed by atoms with Gasteiger partial charge in [0.05, 0.1) is 27.8 Å². The highest BCUT2D eigenvalue weighted by Crippen LogP contribution is 2.41. The van der Waals surface area contributed by atoms with Crippen molar-refractivity contribution in [1.29, 1.82) is 0 Å². The number of aliphatic imine (C=N–C) groups is 2. The summed E-state index contributed by atoms with van der Waals surface area (Å²) in [5, 5.41) is 6.67. The molecule has 316 valence electrons. The molecule has 8 heteroatoms. The lowest BCUT2D eigenvalue weighted by molar-refractivity contribution is 1.07. The molecule has 0 aliphatic carbocycles. The van der Waals surface area contributed by atoms with Crippen molar-refractivity contribution in [2.24, 2.45) is 15.7 Å². The average Bonchev–Trinajstić information content (AvgIpc) is 3.92. The Labute approximate surface area is 386 Å². The van der Waals surface area contributed by atoms with E-state index in [0.717, 1.165) is 87.9 Å². The van der Waals surface area contributed by atoms with E-state index < -0.39 is 0 Å². The normalized spacial score (nSPS) is 12.2. The molecular weight excluding hydrogens is 821 g/mol. The van der Waals surface area contributed by atoms with Gasteiger partial charge in [0.25, 0.3) is 0 Å². The van der Waals surface area contributed by atoms with Gasteiger partial charge in [-0.2, -0.15) is 4.99 Å². The predicted molar refractivity (Wildman–Crippen MR) is 276 cm³/mol. The zero-order valence-corrected chi connectivity index (χ0v) is 36.2. The molecule has 67 heavy (non-hydrogen) atoms. The van der Waals surface area contributed by atoms with Crippen molar-refractivity contribution in [3.63, 3.8) is 0 Å². The second-order valence-corrected chi connectivity index (χ2v) is 16.4. The van der Waals surface area contributed by atoms with Gasteiger partial charge in [-0.25, -0.2) is 19.9 Å². The van der Waals surface area contributed by atoms with Crippen LogP contribution in [0.3, 0.4) is 0 Å². The third-order valence-electron chi connectivity index (χ3n) is 12.4. The summed E-state index contributed by atoms with van der Waals surface area (Å²) in [6.07, 6.45) is 0. The number of nitrogens with two attached hydrogens (primary N) is 1. The standard InChI is InChI=1S/C59H40N8/c1-38(39-17-5-2-6-18-39)61-59(62-55(60)41-20-7-3-8-21-41)67-51-28-16-14-26-49(51)53-52(67)36-35-48-47-25-13-15-27-50(47)66(54(48)53)46-33-31-43(32-34-46)57-63-56(42-22-9-4-10-23-42)64-58(65-57)45-30-29-40-19-11-12-24-44(40)37-45/h2-37H,1H2,(H2,60,61,62). The molecule has 0 amide bonds. The first-order valence-electron chi connectivity index (χ1n) is 22.2. The third-order valence-corrected chi connectivity index (χ3v) is 12.4. The van der Waals surface area contributed by atoms with E-state index in [4.69, 9.17) is 30.7 Å². The van der Waals surface area contributed by atoms with Gasteiger partial charge in [0.2, 0.25) is 5.96 Å². The highest BCUT2D eigenvalue weighted by atomic mass is 15.2. The van der Waals surface area contributed by atoms with E-state index in [2.05, 4.69) is 137 Å². The SMILES string of the molecule is C=C(N=C(N=C(N)c1ccccc1)n1c2ccccc2c2c1ccc1c3ccccc3n(-c3ccc(-c4nc(-c5ccccc5)nc(-c5ccc6ccccc6c5)n4)cc3)c12)c1ccccc1. The largest absolute Gasteiger partial charge is 0.383 e. The number of aromatic nitrogens is 5. The Balaban J connectivity index is 1.05. The van der Waals surface area contributed by atoms with Gasteiger partial charge in [-0.3, -0.25) is 4.57 Å². The van der Waals surface area contributed by atoms with Crippen molar-refractivity contribution in [3.05, 3.63) is 236 Å². The Kier molecular flexibility index (Phi) is 9.61. The fraction of sp³-hybridized carbons (Fsp3) is 0. The molecule has 0 unspecified atom stereocenters. The quantitative estimate of drug-likeness (QED) is 0.127. The minimum Gasteiger partial charge on any atom is -0.383 e. The first kappa shape index (κ1) is 39.3. The molecule has 0 fully saturated rings. The van der Waals surface area contributed by atoms with Crippen molar-refractivity contribution >= 4 is 71.9 Å². The Morgan fingerprint density at radius 1 is 0.433 bits per heavy atom. The van der Waals surface area contributed by atoms with Gasteiger partial charge < -0.3 is 10.3 Å². The number of fused-ring (bicyclic) bond motifs is 8. The van der Waals surface area contributed by atoms with Crippen molar-refractivity contribution in [2.45, 2.75) is 0 Å². The Bertz CT molecular complexity index is 3920. The molecule has 0 atom stereocenters. The van der Waals surface area contributed by atoms with Crippen LogP contribution in [-0.2, 0) is 0 Å². The molecule has 3 heterocycles. The van der Waals surface area contributed by atoms with Gasteiger partial charge in [0.1, 0.15) is 5.84 Å². The predicted octanol–water partition coefficient (Wildman–Crippen LogP) is 13.5. The van der Waals surface area contributed by atoms with Crippen LogP contribution in [0.2, 0.25) is 0 Å². The van der Waals surface area contributed by atoms with E-state index in [1.807, 2.05) is 97.1 Å². The zero-order chi connectivity index (χ0) is 44.8. The molecule has 8 nitrogen and oxygen atoms in total. The van der Waals surface area contributed by atoms with Crippen molar-refractivity contribution < 1.29 is 0 Å². The fourth-order valence-electron chi connectivity index (χ4n) is 9.15. The summed E-state index contributed by atoms with van der Waals surface area (Å²) in [4.78, 5) is 25.4. The summed E-state index contributed by atoms with van der Waals surface area (Å²) in [6.45, 7) is 4.40. The van der Waals surface area contributed by atoms with E-state index in [1.54, 1.807) is 0 Å². The highest BCUT2D eigenvalue weighted by molar-refractivity contribution is 6.28. The average molecular weight is 861 g/mol. The Morgan fingerprint density at radius 2 is 0.985 bits per heavy atom. The maximum Gasteiger partial charge on any atom is 0.237 e. The summed E-state index contributed by atoms with van der Waals surface area (Å²) in [7, 11) is 0. The van der Waals surface area contributed by atoms with Crippen LogP contribution in [0.5, 0.6) is 0 Å². The van der Waals surface area contributed by atoms with Crippen LogP contribution in [0.1, 0.15) is 11.1 Å². The minimum absolute atomic E-state index is 0.347. The highest BCUT2D eigenvalue weighted by Gasteiger charge is 2.23.